The van der Waals surface area contributed by atoms with E-state index >= 15 is 0 Å². The summed E-state index contributed by atoms with van der Waals surface area (Å²) in [4.78, 5) is 53.0. The molecule has 10 heteroatoms. The Kier molecular flexibility index (Phi) is 6.48. The summed E-state index contributed by atoms with van der Waals surface area (Å²) in [6.07, 6.45) is -0.573. The van der Waals surface area contributed by atoms with Crippen LogP contribution in [-0.4, -0.2) is 71.7 Å². The van der Waals surface area contributed by atoms with Crippen LogP contribution in [0.25, 0.3) is 5.57 Å². The number of aliphatic hydroxyl groups is 1. The SMILES string of the molecule is C[C@@H](O)C1C(=O)N2C(C(=O)OCOC(=O)C(C)(C)C)=C(c3cscc3C(=O)N(C)C)CC12. The molecule has 2 aliphatic rings. The van der Waals surface area contributed by atoms with Gasteiger partial charge in [0.05, 0.1) is 29.0 Å². The molecule has 0 spiro atoms. The lowest BCUT2D eigenvalue weighted by atomic mass is 9.82. The fraction of sp³-hybridized carbons (Fsp3) is 0.545. The Bertz CT molecular complexity index is 987. The number of thiophene rings is 1. The molecule has 0 saturated carbocycles. The highest BCUT2D eigenvalue weighted by atomic mass is 32.1. The molecule has 3 atom stereocenters. The van der Waals surface area contributed by atoms with E-state index in [1.54, 1.807) is 45.6 Å². The topological polar surface area (TPSA) is 113 Å². The lowest BCUT2D eigenvalue weighted by Crippen LogP contribution is -2.61. The monoisotopic (exact) mass is 464 g/mol. The Hall–Kier alpha value is -2.72. The number of hydrogen-bond donors (Lipinski definition) is 1. The van der Waals surface area contributed by atoms with Gasteiger partial charge in [0, 0.05) is 25.0 Å². The fourth-order valence-electron chi connectivity index (χ4n) is 3.86. The number of nitrogens with zero attached hydrogens (tertiary/aromatic N) is 2. The van der Waals surface area contributed by atoms with E-state index in [2.05, 4.69) is 0 Å². The van der Waals surface area contributed by atoms with Crippen molar-refractivity contribution in [3.05, 3.63) is 27.6 Å². The second kappa shape index (κ2) is 8.67. The van der Waals surface area contributed by atoms with Crippen molar-refractivity contribution in [1.82, 2.24) is 9.80 Å². The maximum atomic E-state index is 13.0. The first-order valence-corrected chi connectivity index (χ1v) is 11.2. The van der Waals surface area contributed by atoms with Crippen molar-refractivity contribution in [2.75, 3.05) is 20.9 Å². The lowest BCUT2D eigenvalue weighted by molar-refractivity contribution is -0.175. The summed E-state index contributed by atoms with van der Waals surface area (Å²) in [5, 5.41) is 13.5. The van der Waals surface area contributed by atoms with Gasteiger partial charge in [-0.3, -0.25) is 14.4 Å². The molecule has 3 rings (SSSR count). The number of esters is 2. The van der Waals surface area contributed by atoms with Crippen LogP contribution in [0.1, 0.15) is 50.0 Å². The van der Waals surface area contributed by atoms with Crippen molar-refractivity contribution in [1.29, 1.82) is 0 Å². The Morgan fingerprint density at radius 1 is 1.25 bits per heavy atom. The predicted octanol–water partition coefficient (Wildman–Crippen LogP) is 1.86. The Labute approximate surface area is 190 Å². The van der Waals surface area contributed by atoms with Gasteiger partial charge in [-0.1, -0.05) is 0 Å². The zero-order valence-electron chi connectivity index (χ0n) is 19.0. The summed E-state index contributed by atoms with van der Waals surface area (Å²) in [5.41, 5.74) is 0.743. The average molecular weight is 465 g/mol. The van der Waals surface area contributed by atoms with Crippen LogP contribution in [0.4, 0.5) is 0 Å². The molecule has 32 heavy (non-hydrogen) atoms. The molecule has 2 unspecified atom stereocenters. The predicted molar refractivity (Wildman–Crippen MR) is 116 cm³/mol. The third-order valence-corrected chi connectivity index (χ3v) is 6.28. The number of ether oxygens (including phenoxy) is 2. The van der Waals surface area contributed by atoms with Crippen molar-refractivity contribution < 1.29 is 33.8 Å². The van der Waals surface area contributed by atoms with Gasteiger partial charge < -0.3 is 24.4 Å². The summed E-state index contributed by atoms with van der Waals surface area (Å²) in [6, 6.07) is -0.403. The number of aliphatic hydroxyl groups excluding tert-OH is 1. The van der Waals surface area contributed by atoms with Crippen molar-refractivity contribution in [3.8, 4) is 0 Å². The number of carbonyl (C=O) groups is 4. The fourth-order valence-corrected chi connectivity index (χ4v) is 4.70. The summed E-state index contributed by atoms with van der Waals surface area (Å²) in [5.74, 6) is -2.60. The van der Waals surface area contributed by atoms with Crippen LogP contribution in [0.5, 0.6) is 0 Å². The number of hydrogen-bond acceptors (Lipinski definition) is 8. The molecule has 174 valence electrons. The van der Waals surface area contributed by atoms with Gasteiger partial charge in [0.2, 0.25) is 12.7 Å². The smallest absolute Gasteiger partial charge is 0.358 e. The molecule has 0 bridgehead atoms. The number of fused-ring (bicyclic) bond motifs is 1. The molecular formula is C22H28N2O7S. The van der Waals surface area contributed by atoms with Crippen molar-refractivity contribution in [2.24, 2.45) is 11.3 Å². The van der Waals surface area contributed by atoms with Gasteiger partial charge in [-0.05, 0) is 45.1 Å². The van der Waals surface area contributed by atoms with E-state index in [0.717, 1.165) is 0 Å². The highest BCUT2D eigenvalue weighted by Gasteiger charge is 2.57. The van der Waals surface area contributed by atoms with E-state index in [-0.39, 0.29) is 17.5 Å². The summed E-state index contributed by atoms with van der Waals surface area (Å²) in [7, 11) is 3.26. The molecule has 0 aliphatic carbocycles. The molecule has 3 heterocycles. The molecule has 2 aliphatic heterocycles. The summed E-state index contributed by atoms with van der Waals surface area (Å²) < 4.78 is 10.2. The molecule has 9 nitrogen and oxygen atoms in total. The molecule has 1 saturated heterocycles. The van der Waals surface area contributed by atoms with Crippen LogP contribution in [0.3, 0.4) is 0 Å². The van der Waals surface area contributed by atoms with Gasteiger partial charge in [-0.2, -0.15) is 11.3 Å². The first-order valence-electron chi connectivity index (χ1n) is 10.2. The van der Waals surface area contributed by atoms with Gasteiger partial charge in [0.15, 0.2) is 0 Å². The van der Waals surface area contributed by atoms with Crippen molar-refractivity contribution >= 4 is 40.7 Å². The molecule has 0 aromatic carbocycles. The second-order valence-electron chi connectivity index (χ2n) is 9.20. The van der Waals surface area contributed by atoms with Crippen LogP contribution in [0, 0.1) is 11.3 Å². The Balaban J connectivity index is 1.92. The summed E-state index contributed by atoms with van der Waals surface area (Å²) >= 11 is 1.31. The van der Waals surface area contributed by atoms with Gasteiger partial charge in [0.25, 0.3) is 5.91 Å². The zero-order chi connectivity index (χ0) is 24.0. The Morgan fingerprint density at radius 2 is 1.91 bits per heavy atom. The summed E-state index contributed by atoms with van der Waals surface area (Å²) in [6.45, 7) is 5.97. The normalized spacial score (nSPS) is 21.1. The molecular weight excluding hydrogens is 436 g/mol. The minimum atomic E-state index is -0.876. The van der Waals surface area contributed by atoms with E-state index in [1.807, 2.05) is 0 Å². The quantitative estimate of drug-likeness (QED) is 0.388. The van der Waals surface area contributed by atoms with E-state index in [9.17, 15) is 24.3 Å². The highest BCUT2D eigenvalue weighted by Crippen LogP contribution is 2.48. The first kappa shape index (κ1) is 23.9. The molecule has 1 aromatic rings. The van der Waals surface area contributed by atoms with Crippen molar-refractivity contribution in [2.45, 2.75) is 46.3 Å². The number of β-lactam (4-membered cyclic amide) rings is 1. The standard InChI is InChI=1S/C22H28N2O7S/c1-11(25)16-15-7-12(13-8-32-9-14(13)18(26)23(5)6)17(24(15)19(16)27)20(28)30-10-31-21(29)22(2,3)4/h8-9,11,15-16,25H,7,10H2,1-6H3/t11-,15?,16?/m1/s1. The van der Waals surface area contributed by atoms with Gasteiger partial charge in [0.1, 0.15) is 5.70 Å². The maximum absolute atomic E-state index is 13.0. The zero-order valence-corrected chi connectivity index (χ0v) is 19.8. The molecule has 1 fully saturated rings. The minimum absolute atomic E-state index is 0.0231. The van der Waals surface area contributed by atoms with E-state index in [1.165, 1.54) is 28.1 Å². The third kappa shape index (κ3) is 4.16. The molecule has 1 aromatic heterocycles. The van der Waals surface area contributed by atoms with E-state index in [0.29, 0.717) is 23.1 Å². The van der Waals surface area contributed by atoms with Crippen molar-refractivity contribution in [3.63, 3.8) is 0 Å². The number of amides is 2. The second-order valence-corrected chi connectivity index (χ2v) is 9.95. The van der Waals surface area contributed by atoms with Gasteiger partial charge in [-0.25, -0.2) is 4.79 Å². The molecule has 1 N–H and O–H groups in total. The average Bonchev–Trinajstić information content (AvgIpc) is 3.28. The van der Waals surface area contributed by atoms with E-state index in [4.69, 9.17) is 9.47 Å². The van der Waals surface area contributed by atoms with Gasteiger partial charge >= 0.3 is 11.9 Å². The van der Waals surface area contributed by atoms with Crippen LogP contribution in [0.15, 0.2) is 16.5 Å². The van der Waals surface area contributed by atoms with E-state index < -0.39 is 42.2 Å². The number of rotatable bonds is 6. The van der Waals surface area contributed by atoms with Crippen LogP contribution in [0.2, 0.25) is 0 Å². The van der Waals surface area contributed by atoms with Crippen LogP contribution in [-0.2, 0) is 23.9 Å². The Morgan fingerprint density at radius 3 is 2.47 bits per heavy atom. The third-order valence-electron chi connectivity index (χ3n) is 5.54. The minimum Gasteiger partial charge on any atom is -0.427 e. The molecule has 2 amide bonds. The first-order chi connectivity index (χ1) is 14.9. The number of carbonyl (C=O) groups excluding carboxylic acids is 4. The van der Waals surface area contributed by atoms with Crippen LogP contribution >= 0.6 is 11.3 Å². The highest BCUT2D eigenvalue weighted by molar-refractivity contribution is 7.08. The van der Waals surface area contributed by atoms with Crippen LogP contribution < -0.4 is 0 Å². The maximum Gasteiger partial charge on any atom is 0.358 e. The van der Waals surface area contributed by atoms with Gasteiger partial charge in [-0.15, -0.1) is 0 Å². The molecule has 0 radical (unpaired) electrons. The largest absolute Gasteiger partial charge is 0.427 e. The lowest BCUT2D eigenvalue weighted by Gasteiger charge is -2.44.